The third-order valence-corrected chi connectivity index (χ3v) is 4.62. The number of aromatic hydroxyl groups is 1. The first-order valence-corrected chi connectivity index (χ1v) is 8.87. The molecular formula is C20H24N4O3. The summed E-state index contributed by atoms with van der Waals surface area (Å²) in [6.45, 7) is 1.97. The van der Waals surface area contributed by atoms with Crippen molar-refractivity contribution in [2.45, 2.75) is 0 Å². The molecule has 2 amide bonds. The Hall–Kier alpha value is -3.22. The van der Waals surface area contributed by atoms with Gasteiger partial charge in [-0.05, 0) is 24.3 Å². The number of carbonyl (C=O) groups excluding carboxylic acids is 2. The zero-order valence-electron chi connectivity index (χ0n) is 15.6. The molecule has 1 aliphatic heterocycles. The summed E-state index contributed by atoms with van der Waals surface area (Å²) in [7, 11) is 3.76. The van der Waals surface area contributed by atoms with E-state index >= 15 is 0 Å². The highest BCUT2D eigenvalue weighted by molar-refractivity contribution is 6.39. The van der Waals surface area contributed by atoms with Gasteiger partial charge in [0.1, 0.15) is 5.75 Å². The Morgan fingerprint density at radius 2 is 1.59 bits per heavy atom. The van der Waals surface area contributed by atoms with Gasteiger partial charge in [0, 0.05) is 40.3 Å². The van der Waals surface area contributed by atoms with Crippen LogP contribution >= 0.6 is 0 Å². The normalized spacial score (nSPS) is 14.0. The van der Waals surface area contributed by atoms with Crippen LogP contribution in [0.3, 0.4) is 0 Å². The van der Waals surface area contributed by atoms with Gasteiger partial charge in [0.2, 0.25) is 0 Å². The zero-order chi connectivity index (χ0) is 19.4. The Labute approximate surface area is 158 Å². The fourth-order valence-corrected chi connectivity index (χ4v) is 3.17. The molecule has 1 heterocycles. The Kier molecular flexibility index (Phi) is 5.49. The van der Waals surface area contributed by atoms with Crippen molar-refractivity contribution in [1.82, 2.24) is 4.90 Å². The number of rotatable bonds is 3. The second kappa shape index (κ2) is 7.99. The molecule has 2 aromatic rings. The number of nitrogens with zero attached hydrogens (tertiary/aromatic N) is 3. The van der Waals surface area contributed by atoms with Gasteiger partial charge in [0.05, 0.1) is 17.1 Å². The van der Waals surface area contributed by atoms with Gasteiger partial charge in [-0.25, -0.2) is 0 Å². The molecule has 7 nitrogen and oxygen atoms in total. The highest BCUT2D eigenvalue weighted by Gasteiger charge is 2.27. The van der Waals surface area contributed by atoms with E-state index in [-0.39, 0.29) is 5.75 Å². The number of para-hydroxylation sites is 4. The van der Waals surface area contributed by atoms with E-state index in [9.17, 15) is 14.7 Å². The maximum atomic E-state index is 12.5. The number of anilines is 3. The van der Waals surface area contributed by atoms with Gasteiger partial charge in [-0.15, -0.1) is 0 Å². The number of phenols is 1. The van der Waals surface area contributed by atoms with Crippen LogP contribution in [0.4, 0.5) is 17.1 Å². The van der Waals surface area contributed by atoms with Gasteiger partial charge in [-0.1, -0.05) is 24.3 Å². The van der Waals surface area contributed by atoms with Crippen LogP contribution in [0.5, 0.6) is 5.75 Å². The molecule has 2 aromatic carbocycles. The molecule has 0 unspecified atom stereocenters. The lowest BCUT2D eigenvalue weighted by molar-refractivity contribution is -0.143. The molecule has 1 fully saturated rings. The summed E-state index contributed by atoms with van der Waals surface area (Å²) in [6.07, 6.45) is 0. The highest BCUT2D eigenvalue weighted by Crippen LogP contribution is 2.27. The number of piperazine rings is 1. The van der Waals surface area contributed by atoms with Crippen molar-refractivity contribution in [2.24, 2.45) is 0 Å². The van der Waals surface area contributed by atoms with E-state index in [0.717, 1.165) is 11.4 Å². The van der Waals surface area contributed by atoms with E-state index in [2.05, 4.69) is 5.32 Å². The molecule has 1 aliphatic rings. The summed E-state index contributed by atoms with van der Waals surface area (Å²) in [5.41, 5.74) is 2.19. The number of benzene rings is 2. The summed E-state index contributed by atoms with van der Waals surface area (Å²) in [5, 5.41) is 12.7. The summed E-state index contributed by atoms with van der Waals surface area (Å²) in [4.78, 5) is 30.4. The average Bonchev–Trinajstić information content (AvgIpc) is 2.68. The fraction of sp³-hybridized carbons (Fsp3) is 0.300. The number of hydrogen-bond donors (Lipinski definition) is 2. The van der Waals surface area contributed by atoms with Crippen molar-refractivity contribution in [3.8, 4) is 5.75 Å². The molecular weight excluding hydrogens is 344 g/mol. The van der Waals surface area contributed by atoms with Crippen LogP contribution in [0.1, 0.15) is 0 Å². The Morgan fingerprint density at radius 1 is 0.963 bits per heavy atom. The molecule has 0 aliphatic carbocycles. The lowest BCUT2D eigenvalue weighted by Gasteiger charge is -2.36. The van der Waals surface area contributed by atoms with Crippen LogP contribution in [0, 0.1) is 0 Å². The van der Waals surface area contributed by atoms with E-state index in [4.69, 9.17) is 0 Å². The lowest BCUT2D eigenvalue weighted by Crippen LogP contribution is -2.51. The fourth-order valence-electron chi connectivity index (χ4n) is 3.17. The van der Waals surface area contributed by atoms with E-state index in [1.807, 2.05) is 54.2 Å². The van der Waals surface area contributed by atoms with Gasteiger partial charge >= 0.3 is 11.8 Å². The molecule has 0 spiro atoms. The molecule has 7 heteroatoms. The standard InChI is InChI=1S/C20H24N4O3/c1-22(2)16-8-4-3-7-15(16)21-19(26)20(27)24-13-11-23(12-14-24)17-9-5-6-10-18(17)25/h3-10,25H,11-14H2,1-2H3,(H,21,26). The van der Waals surface area contributed by atoms with Gasteiger partial charge in [0.15, 0.2) is 0 Å². The van der Waals surface area contributed by atoms with Crippen LogP contribution < -0.4 is 15.1 Å². The largest absolute Gasteiger partial charge is 0.506 e. The van der Waals surface area contributed by atoms with E-state index in [0.29, 0.717) is 31.9 Å². The molecule has 0 bridgehead atoms. The number of nitrogens with one attached hydrogen (secondary N) is 1. The number of amides is 2. The topological polar surface area (TPSA) is 76.1 Å². The maximum Gasteiger partial charge on any atom is 0.313 e. The van der Waals surface area contributed by atoms with Crippen LogP contribution in [0.15, 0.2) is 48.5 Å². The van der Waals surface area contributed by atoms with Crippen molar-refractivity contribution in [2.75, 3.05) is 55.4 Å². The van der Waals surface area contributed by atoms with Gasteiger partial charge in [-0.3, -0.25) is 9.59 Å². The smallest absolute Gasteiger partial charge is 0.313 e. The Balaban J connectivity index is 1.61. The molecule has 3 rings (SSSR count). The summed E-state index contributed by atoms with van der Waals surface area (Å²) in [6, 6.07) is 14.5. The van der Waals surface area contributed by atoms with Crippen molar-refractivity contribution in [1.29, 1.82) is 0 Å². The molecule has 0 atom stereocenters. The Bertz CT molecular complexity index is 829. The van der Waals surface area contributed by atoms with Crippen LogP contribution in [-0.4, -0.2) is 62.1 Å². The minimum Gasteiger partial charge on any atom is -0.506 e. The van der Waals surface area contributed by atoms with Crippen molar-refractivity contribution >= 4 is 28.9 Å². The molecule has 0 saturated carbocycles. The highest BCUT2D eigenvalue weighted by atomic mass is 16.3. The average molecular weight is 368 g/mol. The van der Waals surface area contributed by atoms with Crippen LogP contribution in [0.2, 0.25) is 0 Å². The SMILES string of the molecule is CN(C)c1ccccc1NC(=O)C(=O)N1CCN(c2ccccc2O)CC1. The van der Waals surface area contributed by atoms with E-state index in [1.165, 1.54) is 0 Å². The molecule has 1 saturated heterocycles. The second-order valence-electron chi connectivity index (χ2n) is 6.63. The molecule has 0 radical (unpaired) electrons. The zero-order valence-corrected chi connectivity index (χ0v) is 15.6. The number of hydrogen-bond acceptors (Lipinski definition) is 5. The summed E-state index contributed by atoms with van der Waals surface area (Å²) in [5.74, 6) is -0.962. The monoisotopic (exact) mass is 368 g/mol. The lowest BCUT2D eigenvalue weighted by atomic mass is 10.2. The van der Waals surface area contributed by atoms with Gasteiger partial charge in [-0.2, -0.15) is 0 Å². The minimum atomic E-state index is -0.639. The third kappa shape index (κ3) is 4.13. The second-order valence-corrected chi connectivity index (χ2v) is 6.63. The molecule has 142 valence electrons. The van der Waals surface area contributed by atoms with Gasteiger partial charge in [0.25, 0.3) is 0 Å². The predicted octanol–water partition coefficient (Wildman–Crippen LogP) is 1.75. The van der Waals surface area contributed by atoms with Crippen LogP contribution in [0.25, 0.3) is 0 Å². The van der Waals surface area contributed by atoms with Crippen LogP contribution in [-0.2, 0) is 9.59 Å². The maximum absolute atomic E-state index is 12.5. The quantitative estimate of drug-likeness (QED) is 0.808. The van der Waals surface area contributed by atoms with E-state index < -0.39 is 11.8 Å². The van der Waals surface area contributed by atoms with Gasteiger partial charge < -0.3 is 25.1 Å². The molecule has 2 N–H and O–H groups in total. The number of carbonyl (C=O) groups is 2. The predicted molar refractivity (Wildman–Crippen MR) is 106 cm³/mol. The molecule has 0 aromatic heterocycles. The van der Waals surface area contributed by atoms with E-state index in [1.54, 1.807) is 23.1 Å². The van der Waals surface area contributed by atoms with Crippen molar-refractivity contribution < 1.29 is 14.7 Å². The van der Waals surface area contributed by atoms with Crippen molar-refractivity contribution in [3.05, 3.63) is 48.5 Å². The van der Waals surface area contributed by atoms with Crippen molar-refractivity contribution in [3.63, 3.8) is 0 Å². The summed E-state index contributed by atoms with van der Waals surface area (Å²) < 4.78 is 0. The third-order valence-electron chi connectivity index (χ3n) is 4.62. The number of phenolic OH excluding ortho intramolecular Hbond substituents is 1. The first kappa shape index (κ1) is 18.6. The Morgan fingerprint density at radius 3 is 2.26 bits per heavy atom. The summed E-state index contributed by atoms with van der Waals surface area (Å²) >= 11 is 0. The first-order chi connectivity index (χ1) is 13.0. The molecule has 27 heavy (non-hydrogen) atoms. The first-order valence-electron chi connectivity index (χ1n) is 8.87. The minimum absolute atomic E-state index is 0.218.